The van der Waals surface area contributed by atoms with E-state index in [1.807, 2.05) is 64.1 Å². The first-order valence-electron chi connectivity index (χ1n) is 9.78. The number of benzene rings is 2. The molecule has 0 amide bonds. The molecule has 0 radical (unpaired) electrons. The number of allylic oxidation sites excluding steroid dienone is 2. The molecule has 2 N–H and O–H groups in total. The van der Waals surface area contributed by atoms with Crippen LogP contribution in [0, 0.1) is 0 Å². The molecule has 0 aromatic heterocycles. The third kappa shape index (κ3) is 25.3. The standard InChI is InChI=1S/C13H10O2.C4H10O.2C3H6.C2H6O2/c14-13(11-7-3-1-4-8-11)15-12-9-5-2-6-10-12;1-3-5-4-2;2*1-3-2;3-1-2-4/h1-10H;3-4H2,1-2H3;2*3H,1H2,2H3;3-4H,1-2H2. The molecule has 0 aliphatic carbocycles. The van der Waals surface area contributed by atoms with Gasteiger partial charge in [0.15, 0.2) is 0 Å². The van der Waals surface area contributed by atoms with Crippen molar-refractivity contribution in [1.82, 2.24) is 0 Å². The number of esters is 1. The van der Waals surface area contributed by atoms with Gasteiger partial charge < -0.3 is 19.7 Å². The summed E-state index contributed by atoms with van der Waals surface area (Å²) in [5.74, 6) is 0.230. The molecule has 0 spiro atoms. The number of aliphatic hydroxyl groups excluding tert-OH is 2. The summed E-state index contributed by atoms with van der Waals surface area (Å²) in [7, 11) is 0. The number of carbonyl (C=O) groups excluding carboxylic acids is 1. The highest BCUT2D eigenvalue weighted by atomic mass is 16.5. The molecule has 0 bridgehead atoms. The van der Waals surface area contributed by atoms with Gasteiger partial charge in [0.1, 0.15) is 5.75 Å². The van der Waals surface area contributed by atoms with Crippen molar-refractivity contribution in [1.29, 1.82) is 0 Å². The summed E-state index contributed by atoms with van der Waals surface area (Å²) in [6, 6.07) is 18.0. The average molecular weight is 419 g/mol. The molecule has 5 nitrogen and oxygen atoms in total. The lowest BCUT2D eigenvalue weighted by molar-refractivity contribution is 0.0734. The molecule has 2 rings (SSSR count). The van der Waals surface area contributed by atoms with Crippen molar-refractivity contribution in [3.63, 3.8) is 0 Å². The molecule has 2 aromatic carbocycles. The zero-order chi connectivity index (χ0) is 23.5. The van der Waals surface area contributed by atoms with Crippen LogP contribution in [0.25, 0.3) is 0 Å². The number of ether oxygens (including phenoxy) is 2. The lowest BCUT2D eigenvalue weighted by Crippen LogP contribution is -2.07. The van der Waals surface area contributed by atoms with E-state index in [9.17, 15) is 4.79 Å². The molecule has 0 aliphatic rings. The van der Waals surface area contributed by atoms with Crippen molar-refractivity contribution in [2.24, 2.45) is 0 Å². The monoisotopic (exact) mass is 418 g/mol. The molecule has 0 heterocycles. The van der Waals surface area contributed by atoms with Crippen molar-refractivity contribution in [3.05, 3.63) is 91.5 Å². The molecule has 0 atom stereocenters. The van der Waals surface area contributed by atoms with E-state index in [1.165, 1.54) is 0 Å². The third-order valence-electron chi connectivity index (χ3n) is 2.47. The maximum absolute atomic E-state index is 11.6. The van der Waals surface area contributed by atoms with E-state index < -0.39 is 0 Å². The molecular formula is C25H38O5. The van der Waals surface area contributed by atoms with Gasteiger partial charge >= 0.3 is 5.97 Å². The number of hydrogen-bond donors (Lipinski definition) is 2. The second-order valence-corrected chi connectivity index (χ2v) is 5.11. The van der Waals surface area contributed by atoms with Crippen LogP contribution in [0.15, 0.2) is 86.0 Å². The van der Waals surface area contributed by atoms with Gasteiger partial charge in [-0.3, -0.25) is 0 Å². The molecule has 0 saturated heterocycles. The molecule has 30 heavy (non-hydrogen) atoms. The minimum atomic E-state index is -0.332. The van der Waals surface area contributed by atoms with E-state index in [0.29, 0.717) is 11.3 Å². The Bertz CT molecular complexity index is 587. The average Bonchev–Trinajstić information content (AvgIpc) is 2.77. The second-order valence-electron chi connectivity index (χ2n) is 5.11. The minimum Gasteiger partial charge on any atom is -0.423 e. The second kappa shape index (κ2) is 28.5. The van der Waals surface area contributed by atoms with Gasteiger partial charge in [-0.05, 0) is 52.0 Å². The Morgan fingerprint density at radius 3 is 1.50 bits per heavy atom. The molecular weight excluding hydrogens is 380 g/mol. The largest absolute Gasteiger partial charge is 0.423 e. The van der Waals surface area contributed by atoms with Crippen LogP contribution in [0.5, 0.6) is 5.75 Å². The van der Waals surface area contributed by atoms with E-state index in [2.05, 4.69) is 13.2 Å². The van der Waals surface area contributed by atoms with Gasteiger partial charge in [0.05, 0.1) is 18.8 Å². The summed E-state index contributed by atoms with van der Waals surface area (Å²) in [4.78, 5) is 11.6. The van der Waals surface area contributed by atoms with E-state index in [-0.39, 0.29) is 19.2 Å². The fraction of sp³-hybridized carbons (Fsp3) is 0.320. The fourth-order valence-electron chi connectivity index (χ4n) is 1.43. The fourth-order valence-corrected chi connectivity index (χ4v) is 1.43. The van der Waals surface area contributed by atoms with Crippen LogP contribution in [-0.2, 0) is 4.74 Å². The Balaban J connectivity index is -0.000000402. The number of rotatable bonds is 5. The normalized spacial score (nSPS) is 8.07. The van der Waals surface area contributed by atoms with E-state index >= 15 is 0 Å². The highest BCUT2D eigenvalue weighted by molar-refractivity contribution is 5.90. The molecule has 168 valence electrons. The number of hydrogen-bond acceptors (Lipinski definition) is 5. The Kier molecular flexibility index (Phi) is 30.3. The van der Waals surface area contributed by atoms with Crippen LogP contribution in [0.2, 0.25) is 0 Å². The maximum atomic E-state index is 11.6. The third-order valence-corrected chi connectivity index (χ3v) is 2.47. The molecule has 0 fully saturated rings. The Labute approximate surface area is 182 Å². The lowest BCUT2D eigenvalue weighted by Gasteiger charge is -2.02. The first kappa shape index (κ1) is 31.9. The van der Waals surface area contributed by atoms with Crippen LogP contribution < -0.4 is 4.74 Å². The molecule has 2 aromatic rings. The number of carbonyl (C=O) groups is 1. The smallest absolute Gasteiger partial charge is 0.343 e. The Hall–Kier alpha value is -2.73. The SMILES string of the molecule is C=CC.C=CC.CCOCC.O=C(Oc1ccccc1)c1ccccc1.OCCO. The summed E-state index contributed by atoms with van der Waals surface area (Å²) < 4.78 is 9.99. The van der Waals surface area contributed by atoms with E-state index in [0.717, 1.165) is 13.2 Å². The minimum absolute atomic E-state index is 0.125. The Morgan fingerprint density at radius 1 is 0.833 bits per heavy atom. The van der Waals surface area contributed by atoms with Crippen molar-refractivity contribution >= 4 is 5.97 Å². The number of aliphatic hydroxyl groups is 2. The summed E-state index contributed by atoms with van der Waals surface area (Å²) in [5, 5.41) is 15.2. The van der Waals surface area contributed by atoms with Gasteiger partial charge in [-0.2, -0.15) is 0 Å². The summed E-state index contributed by atoms with van der Waals surface area (Å²) >= 11 is 0. The number of para-hydroxylation sites is 1. The molecule has 5 heteroatoms. The first-order valence-corrected chi connectivity index (χ1v) is 9.78. The van der Waals surface area contributed by atoms with Crippen LogP contribution in [-0.4, -0.2) is 42.6 Å². The van der Waals surface area contributed by atoms with Crippen molar-refractivity contribution in [3.8, 4) is 5.75 Å². The molecule has 0 saturated carbocycles. The summed E-state index contributed by atoms with van der Waals surface area (Å²) in [6.45, 7) is 15.9. The van der Waals surface area contributed by atoms with Crippen LogP contribution in [0.3, 0.4) is 0 Å². The summed E-state index contributed by atoms with van der Waals surface area (Å²) in [5.41, 5.74) is 0.557. The predicted molar refractivity (Wildman–Crippen MR) is 126 cm³/mol. The van der Waals surface area contributed by atoms with E-state index in [4.69, 9.17) is 19.7 Å². The highest BCUT2D eigenvalue weighted by Gasteiger charge is 2.06. The van der Waals surface area contributed by atoms with Crippen molar-refractivity contribution in [2.75, 3.05) is 26.4 Å². The van der Waals surface area contributed by atoms with Crippen molar-refractivity contribution in [2.45, 2.75) is 27.7 Å². The maximum Gasteiger partial charge on any atom is 0.343 e. The van der Waals surface area contributed by atoms with E-state index in [1.54, 1.807) is 36.4 Å². The van der Waals surface area contributed by atoms with Gasteiger partial charge in [-0.15, -0.1) is 13.2 Å². The quantitative estimate of drug-likeness (QED) is 0.391. The molecule has 0 aliphatic heterocycles. The Morgan fingerprint density at radius 2 is 1.20 bits per heavy atom. The zero-order valence-corrected chi connectivity index (χ0v) is 18.8. The van der Waals surface area contributed by atoms with Gasteiger partial charge in [0, 0.05) is 13.2 Å². The molecule has 0 unspecified atom stereocenters. The first-order chi connectivity index (χ1) is 14.5. The van der Waals surface area contributed by atoms with Gasteiger partial charge in [-0.25, -0.2) is 4.79 Å². The van der Waals surface area contributed by atoms with Crippen molar-refractivity contribution < 1.29 is 24.5 Å². The topological polar surface area (TPSA) is 76.0 Å². The lowest BCUT2D eigenvalue weighted by atomic mass is 10.2. The van der Waals surface area contributed by atoms with Gasteiger partial charge in [-0.1, -0.05) is 48.6 Å². The van der Waals surface area contributed by atoms with Crippen LogP contribution in [0.4, 0.5) is 0 Å². The van der Waals surface area contributed by atoms with Crippen LogP contribution in [0.1, 0.15) is 38.1 Å². The highest BCUT2D eigenvalue weighted by Crippen LogP contribution is 2.11. The van der Waals surface area contributed by atoms with Gasteiger partial charge in [0.25, 0.3) is 0 Å². The summed E-state index contributed by atoms with van der Waals surface area (Å²) in [6.07, 6.45) is 3.50. The predicted octanol–water partition coefficient (Wildman–Crippen LogP) is 5.30. The van der Waals surface area contributed by atoms with Crippen LogP contribution >= 0.6 is 0 Å². The van der Waals surface area contributed by atoms with Gasteiger partial charge in [0.2, 0.25) is 0 Å². The zero-order valence-electron chi connectivity index (χ0n) is 18.8.